The van der Waals surface area contributed by atoms with Gasteiger partial charge >= 0.3 is 5.97 Å². The third-order valence-electron chi connectivity index (χ3n) is 4.54. The van der Waals surface area contributed by atoms with E-state index in [1.807, 2.05) is 0 Å². The lowest BCUT2D eigenvalue weighted by molar-refractivity contribution is 0.0504. The van der Waals surface area contributed by atoms with Crippen LogP contribution in [0.2, 0.25) is 0 Å². The number of esters is 1. The average molecular weight is 420 g/mol. The molecule has 30 heavy (non-hydrogen) atoms. The van der Waals surface area contributed by atoms with Gasteiger partial charge in [0.05, 0.1) is 38.6 Å². The second-order valence-electron chi connectivity index (χ2n) is 8.32. The quantitative estimate of drug-likeness (QED) is 0.444. The third-order valence-corrected chi connectivity index (χ3v) is 4.54. The van der Waals surface area contributed by atoms with Gasteiger partial charge in [0, 0.05) is 18.8 Å². The molecule has 0 saturated carbocycles. The van der Waals surface area contributed by atoms with Gasteiger partial charge < -0.3 is 23.5 Å². The number of methoxy groups -OCH3 is 2. The largest absolute Gasteiger partial charge is 0.493 e. The van der Waals surface area contributed by atoms with Crippen molar-refractivity contribution < 1.29 is 23.7 Å². The Hall–Kier alpha value is -2.70. The summed E-state index contributed by atoms with van der Waals surface area (Å²) in [6.45, 7) is 11.1. The number of rotatable bonds is 9. The Bertz CT molecular complexity index is 909. The van der Waals surface area contributed by atoms with Crippen molar-refractivity contribution in [3.05, 3.63) is 28.2 Å². The van der Waals surface area contributed by atoms with Gasteiger partial charge in [0.25, 0.3) is 0 Å². The molecule has 1 heterocycles. The summed E-state index contributed by atoms with van der Waals surface area (Å²) in [4.78, 5) is 25.9. The van der Waals surface area contributed by atoms with Gasteiger partial charge in [-0.25, -0.2) is 4.79 Å². The highest BCUT2D eigenvalue weighted by Crippen LogP contribution is 2.45. The van der Waals surface area contributed by atoms with Crippen LogP contribution in [0.5, 0.6) is 17.2 Å². The zero-order valence-corrected chi connectivity index (χ0v) is 19.1. The molecule has 2 rings (SSSR count). The summed E-state index contributed by atoms with van der Waals surface area (Å²) in [5.74, 6) is 0.426. The molecule has 0 radical (unpaired) electrons. The predicted molar refractivity (Wildman–Crippen MR) is 116 cm³/mol. The van der Waals surface area contributed by atoms with Gasteiger partial charge in [-0.2, -0.15) is 0 Å². The summed E-state index contributed by atoms with van der Waals surface area (Å²) >= 11 is 0. The highest BCUT2D eigenvalue weighted by Gasteiger charge is 2.31. The second kappa shape index (κ2) is 9.87. The Balaban J connectivity index is 2.96. The summed E-state index contributed by atoms with van der Waals surface area (Å²) in [6.07, 6.45) is 3.41. The van der Waals surface area contributed by atoms with Crippen molar-refractivity contribution >= 4 is 5.97 Å². The molecule has 0 amide bonds. The number of hydrogen-bond acceptors (Lipinski definition) is 6. The first-order valence-electron chi connectivity index (χ1n) is 10.3. The molecule has 1 aliphatic carbocycles. The molecular weight excluding hydrogens is 386 g/mol. The van der Waals surface area contributed by atoms with Crippen molar-refractivity contribution in [3.8, 4) is 28.4 Å². The van der Waals surface area contributed by atoms with E-state index in [0.717, 1.165) is 12.8 Å². The molecule has 0 bridgehead atoms. The van der Waals surface area contributed by atoms with Crippen molar-refractivity contribution in [3.63, 3.8) is 0 Å². The van der Waals surface area contributed by atoms with Crippen LogP contribution in [0.1, 0.15) is 57.9 Å². The third kappa shape index (κ3) is 5.07. The van der Waals surface area contributed by atoms with Crippen LogP contribution in [0.25, 0.3) is 11.1 Å². The molecule has 0 aromatic heterocycles. The zero-order valence-electron chi connectivity index (χ0n) is 19.1. The van der Waals surface area contributed by atoms with E-state index >= 15 is 0 Å². The standard InChI is InChI=1S/C23H33NO6/c1-8-10-11-30-21-18-15(16(25)12-17(27-6)20(18)28-7)13-24(14-23(3,4)5)19(21)22(26)29-9-2/h12-13H,8-11,14H2,1-7H3. The van der Waals surface area contributed by atoms with Crippen LogP contribution in [0.15, 0.2) is 17.1 Å². The SMILES string of the molecule is CCCCOc1c2c(OC)c(OC)cc(=O)c-2cn(CC(C)(C)C)c1C(=O)OCC. The van der Waals surface area contributed by atoms with Crippen LogP contribution in [-0.4, -0.2) is 38.0 Å². The fourth-order valence-electron chi connectivity index (χ4n) is 3.31. The number of aromatic nitrogens is 1. The Kier molecular flexibility index (Phi) is 7.76. The van der Waals surface area contributed by atoms with E-state index in [1.165, 1.54) is 20.3 Å². The van der Waals surface area contributed by atoms with Crippen LogP contribution in [-0.2, 0) is 11.3 Å². The molecule has 7 nitrogen and oxygen atoms in total. The molecule has 0 atom stereocenters. The summed E-state index contributed by atoms with van der Waals surface area (Å²) in [5, 5.41) is 0. The highest BCUT2D eigenvalue weighted by atomic mass is 16.5. The average Bonchev–Trinajstić information content (AvgIpc) is 2.67. The number of pyridine rings is 1. The molecule has 0 N–H and O–H groups in total. The van der Waals surface area contributed by atoms with E-state index in [-0.39, 0.29) is 28.9 Å². The van der Waals surface area contributed by atoms with Crippen molar-refractivity contribution in [1.29, 1.82) is 0 Å². The number of nitrogens with zero attached hydrogens (tertiary/aromatic N) is 1. The lowest BCUT2D eigenvalue weighted by Crippen LogP contribution is -2.25. The molecule has 2 aliphatic rings. The zero-order chi connectivity index (χ0) is 22.5. The van der Waals surface area contributed by atoms with Gasteiger partial charge in [-0.05, 0) is 18.8 Å². The first-order valence-corrected chi connectivity index (χ1v) is 10.3. The Labute approximate surface area is 178 Å². The van der Waals surface area contributed by atoms with E-state index in [9.17, 15) is 9.59 Å². The number of carbonyl (C=O) groups excluding carboxylic acids is 1. The minimum Gasteiger partial charge on any atom is -0.493 e. The number of ether oxygens (including phenoxy) is 4. The summed E-state index contributed by atoms with van der Waals surface area (Å²) in [6, 6.07) is 1.39. The topological polar surface area (TPSA) is 76.0 Å². The van der Waals surface area contributed by atoms with Crippen molar-refractivity contribution in [1.82, 2.24) is 4.57 Å². The lowest BCUT2D eigenvalue weighted by atomic mass is 9.95. The molecule has 166 valence electrons. The first kappa shape index (κ1) is 23.6. The number of carbonyl (C=O) groups is 1. The fourth-order valence-corrected chi connectivity index (χ4v) is 3.31. The second-order valence-corrected chi connectivity index (χ2v) is 8.32. The number of benzene rings is 1. The Morgan fingerprint density at radius 2 is 1.80 bits per heavy atom. The minimum atomic E-state index is -0.507. The summed E-state index contributed by atoms with van der Waals surface area (Å²) in [7, 11) is 2.97. The predicted octanol–water partition coefficient (Wildman–Crippen LogP) is 4.37. The van der Waals surface area contributed by atoms with Crippen molar-refractivity contribution in [2.24, 2.45) is 5.41 Å². The number of hydrogen-bond donors (Lipinski definition) is 0. The van der Waals surface area contributed by atoms with E-state index in [1.54, 1.807) is 17.7 Å². The maximum absolute atomic E-state index is 13.0. The minimum absolute atomic E-state index is 0.153. The molecule has 0 fully saturated rings. The molecule has 0 aromatic carbocycles. The smallest absolute Gasteiger partial charge is 0.358 e. The molecule has 0 saturated heterocycles. The Morgan fingerprint density at radius 1 is 1.10 bits per heavy atom. The molecule has 0 spiro atoms. The van der Waals surface area contributed by atoms with E-state index in [2.05, 4.69) is 27.7 Å². The van der Waals surface area contributed by atoms with Crippen LogP contribution in [0.4, 0.5) is 0 Å². The van der Waals surface area contributed by atoms with Crippen LogP contribution in [0.3, 0.4) is 0 Å². The van der Waals surface area contributed by atoms with E-state index in [0.29, 0.717) is 35.8 Å². The Morgan fingerprint density at radius 3 is 2.33 bits per heavy atom. The monoisotopic (exact) mass is 419 g/mol. The van der Waals surface area contributed by atoms with Gasteiger partial charge in [0.15, 0.2) is 28.4 Å². The van der Waals surface area contributed by atoms with Gasteiger partial charge in [-0.3, -0.25) is 4.79 Å². The van der Waals surface area contributed by atoms with Gasteiger partial charge in [0.2, 0.25) is 0 Å². The summed E-state index contributed by atoms with van der Waals surface area (Å²) < 4.78 is 24.2. The lowest BCUT2D eigenvalue weighted by Gasteiger charge is -2.27. The number of fused-ring (bicyclic) bond motifs is 1. The molecular formula is C23H33NO6. The van der Waals surface area contributed by atoms with Gasteiger partial charge in [-0.1, -0.05) is 34.1 Å². The fraction of sp³-hybridized carbons (Fsp3) is 0.565. The molecule has 7 heteroatoms. The maximum atomic E-state index is 13.0. The van der Waals surface area contributed by atoms with Crippen LogP contribution < -0.4 is 19.6 Å². The van der Waals surface area contributed by atoms with Crippen LogP contribution in [0, 0.1) is 5.41 Å². The van der Waals surface area contributed by atoms with Crippen molar-refractivity contribution in [2.75, 3.05) is 27.4 Å². The van der Waals surface area contributed by atoms with Crippen molar-refractivity contribution in [2.45, 2.75) is 54.0 Å². The molecule has 1 aliphatic heterocycles. The molecule has 0 aromatic rings. The normalized spacial score (nSPS) is 11.4. The highest BCUT2D eigenvalue weighted by molar-refractivity contribution is 5.96. The number of unbranched alkanes of at least 4 members (excludes halogenated alkanes) is 1. The van der Waals surface area contributed by atoms with E-state index < -0.39 is 5.97 Å². The van der Waals surface area contributed by atoms with Gasteiger partial charge in [0.1, 0.15) is 0 Å². The van der Waals surface area contributed by atoms with E-state index in [4.69, 9.17) is 18.9 Å². The first-order chi connectivity index (χ1) is 14.2. The maximum Gasteiger partial charge on any atom is 0.358 e. The van der Waals surface area contributed by atoms with Gasteiger partial charge in [-0.15, -0.1) is 0 Å². The van der Waals surface area contributed by atoms with Crippen LogP contribution >= 0.6 is 0 Å². The molecule has 0 unspecified atom stereocenters. The summed E-state index contributed by atoms with van der Waals surface area (Å²) in [5.41, 5.74) is 0.699.